The zero-order chi connectivity index (χ0) is 19.8. The van der Waals surface area contributed by atoms with Crippen molar-refractivity contribution >= 4 is 10.9 Å². The molecule has 146 valence electrons. The molecule has 8 heteroatoms. The number of hydrogen-bond donors (Lipinski definition) is 0. The van der Waals surface area contributed by atoms with Crippen LogP contribution in [0.5, 0.6) is 0 Å². The Kier molecular flexibility index (Phi) is 4.40. The lowest BCUT2D eigenvalue weighted by molar-refractivity contribution is 0.110. The molecule has 4 aromatic rings. The Hall–Kier alpha value is -3.39. The number of benzene rings is 1. The molecular weight excluding hydrogens is 370 g/mol. The monoisotopic (exact) mass is 389 g/mol. The van der Waals surface area contributed by atoms with Crippen LogP contribution >= 0.6 is 0 Å². The van der Waals surface area contributed by atoms with Gasteiger partial charge in [0.25, 0.3) is 5.56 Å². The third kappa shape index (κ3) is 3.42. The first-order valence-corrected chi connectivity index (χ1v) is 9.49. The fourth-order valence-corrected chi connectivity index (χ4v) is 3.58. The molecule has 1 fully saturated rings. The van der Waals surface area contributed by atoms with E-state index in [1.165, 1.54) is 10.2 Å². The maximum absolute atomic E-state index is 12.6. The molecule has 0 bridgehead atoms. The molecule has 1 aliphatic rings. The molecule has 0 amide bonds. The fourth-order valence-electron chi connectivity index (χ4n) is 3.58. The zero-order valence-corrected chi connectivity index (χ0v) is 15.9. The zero-order valence-electron chi connectivity index (χ0n) is 15.9. The summed E-state index contributed by atoms with van der Waals surface area (Å²) in [6.45, 7) is 2.72. The van der Waals surface area contributed by atoms with Crippen LogP contribution in [0.3, 0.4) is 0 Å². The minimum absolute atomic E-state index is 0.0276. The largest absolute Gasteiger partial charge is 0.373 e. The highest BCUT2D eigenvalue weighted by Gasteiger charge is 2.31. The second kappa shape index (κ2) is 7.21. The van der Waals surface area contributed by atoms with Gasteiger partial charge >= 0.3 is 0 Å². The highest BCUT2D eigenvalue weighted by atomic mass is 16.5. The summed E-state index contributed by atoms with van der Waals surface area (Å²) in [5.74, 6) is 1.01. The van der Waals surface area contributed by atoms with E-state index < -0.39 is 0 Å². The van der Waals surface area contributed by atoms with Crippen molar-refractivity contribution in [1.29, 1.82) is 0 Å². The predicted molar refractivity (Wildman–Crippen MR) is 104 cm³/mol. The Morgan fingerprint density at radius 2 is 2.07 bits per heavy atom. The molecule has 0 radical (unpaired) electrons. The lowest BCUT2D eigenvalue weighted by Crippen LogP contribution is -2.23. The van der Waals surface area contributed by atoms with E-state index in [1.807, 2.05) is 0 Å². The van der Waals surface area contributed by atoms with E-state index in [-0.39, 0.29) is 24.1 Å². The lowest BCUT2D eigenvalue weighted by atomic mass is 9.99. The molecule has 0 N–H and O–H groups in total. The van der Waals surface area contributed by atoms with E-state index in [4.69, 9.17) is 9.26 Å². The highest BCUT2D eigenvalue weighted by Crippen LogP contribution is 2.37. The van der Waals surface area contributed by atoms with E-state index in [0.29, 0.717) is 29.2 Å². The number of fused-ring (bicyclic) bond motifs is 1. The summed E-state index contributed by atoms with van der Waals surface area (Å²) in [5.41, 5.74) is 2.70. The van der Waals surface area contributed by atoms with Gasteiger partial charge in [-0.2, -0.15) is 10.1 Å². The van der Waals surface area contributed by atoms with Gasteiger partial charge in [-0.1, -0.05) is 35.0 Å². The Bertz CT molecular complexity index is 1210. The Balaban J connectivity index is 1.32. The van der Waals surface area contributed by atoms with Crippen LogP contribution in [-0.2, 0) is 11.3 Å². The minimum atomic E-state index is -0.237. The number of pyridine rings is 1. The van der Waals surface area contributed by atoms with Crippen molar-refractivity contribution in [3.63, 3.8) is 0 Å². The quantitative estimate of drug-likeness (QED) is 0.529. The van der Waals surface area contributed by atoms with Crippen molar-refractivity contribution in [3.05, 3.63) is 82.0 Å². The molecule has 4 heterocycles. The van der Waals surface area contributed by atoms with Gasteiger partial charge in [0.1, 0.15) is 6.54 Å². The SMILES string of the molecule is Cc1ccc([C@H]2C[C@H](c3noc(Cn4ncc5ncccc5c4=O)n3)CO2)cc1. The number of aryl methyl sites for hydroxylation is 1. The smallest absolute Gasteiger partial charge is 0.276 e. The van der Waals surface area contributed by atoms with Crippen LogP contribution in [-0.4, -0.2) is 31.5 Å². The third-order valence-corrected chi connectivity index (χ3v) is 5.20. The van der Waals surface area contributed by atoms with Crippen LogP contribution in [0.2, 0.25) is 0 Å². The van der Waals surface area contributed by atoms with Crippen LogP contribution in [0.25, 0.3) is 10.9 Å². The van der Waals surface area contributed by atoms with Gasteiger partial charge in [0.05, 0.1) is 29.8 Å². The maximum atomic E-state index is 12.6. The first kappa shape index (κ1) is 17.7. The fraction of sp³-hybridized carbons (Fsp3) is 0.286. The van der Waals surface area contributed by atoms with Gasteiger partial charge in [-0.3, -0.25) is 9.78 Å². The molecule has 5 rings (SSSR count). The van der Waals surface area contributed by atoms with E-state index >= 15 is 0 Å². The van der Waals surface area contributed by atoms with Crippen LogP contribution in [0.1, 0.15) is 41.3 Å². The molecule has 1 aromatic carbocycles. The molecule has 0 unspecified atom stereocenters. The topological polar surface area (TPSA) is 95.9 Å². The molecule has 0 saturated carbocycles. The van der Waals surface area contributed by atoms with Gasteiger partial charge in [-0.25, -0.2) is 4.68 Å². The highest BCUT2D eigenvalue weighted by molar-refractivity contribution is 5.75. The van der Waals surface area contributed by atoms with Gasteiger partial charge in [0, 0.05) is 12.1 Å². The standard InChI is InChI=1S/C21H19N5O3/c1-13-4-6-14(7-5-13)18-9-15(12-28-18)20-24-19(29-25-20)11-26-21(27)16-3-2-8-22-17(16)10-23-26/h2-8,10,15,18H,9,11-12H2,1H3/t15-,18+/m0/s1. The van der Waals surface area contributed by atoms with Crippen LogP contribution < -0.4 is 5.56 Å². The van der Waals surface area contributed by atoms with E-state index in [0.717, 1.165) is 12.0 Å². The van der Waals surface area contributed by atoms with Crippen molar-refractivity contribution in [3.8, 4) is 0 Å². The van der Waals surface area contributed by atoms with Crippen LogP contribution in [0.15, 0.2) is 58.1 Å². The van der Waals surface area contributed by atoms with Gasteiger partial charge in [-0.15, -0.1) is 0 Å². The van der Waals surface area contributed by atoms with Crippen LogP contribution in [0, 0.1) is 6.92 Å². The van der Waals surface area contributed by atoms with E-state index in [2.05, 4.69) is 51.4 Å². The minimum Gasteiger partial charge on any atom is -0.373 e. The number of ether oxygens (including phenoxy) is 1. The number of hydrogen-bond acceptors (Lipinski definition) is 7. The van der Waals surface area contributed by atoms with Gasteiger partial charge in [0.2, 0.25) is 5.89 Å². The van der Waals surface area contributed by atoms with E-state index in [1.54, 1.807) is 24.5 Å². The molecule has 3 aromatic heterocycles. The van der Waals surface area contributed by atoms with Gasteiger partial charge < -0.3 is 9.26 Å². The van der Waals surface area contributed by atoms with Crippen molar-refractivity contribution in [2.75, 3.05) is 6.61 Å². The van der Waals surface area contributed by atoms with Crippen molar-refractivity contribution in [2.45, 2.75) is 31.9 Å². The second-order valence-corrected chi connectivity index (χ2v) is 7.26. The Morgan fingerprint density at radius 3 is 2.93 bits per heavy atom. The van der Waals surface area contributed by atoms with Crippen molar-refractivity contribution in [1.82, 2.24) is 24.9 Å². The summed E-state index contributed by atoms with van der Waals surface area (Å²) in [7, 11) is 0. The molecule has 8 nitrogen and oxygen atoms in total. The van der Waals surface area contributed by atoms with Crippen molar-refractivity contribution in [2.24, 2.45) is 0 Å². The summed E-state index contributed by atoms with van der Waals surface area (Å²) in [6, 6.07) is 11.8. The maximum Gasteiger partial charge on any atom is 0.276 e. The molecular formula is C21H19N5O3. The summed E-state index contributed by atoms with van der Waals surface area (Å²) < 4.78 is 12.6. The number of nitrogens with zero attached hydrogens (tertiary/aromatic N) is 5. The first-order valence-electron chi connectivity index (χ1n) is 9.49. The average molecular weight is 389 g/mol. The molecule has 29 heavy (non-hydrogen) atoms. The Morgan fingerprint density at radius 1 is 1.21 bits per heavy atom. The third-order valence-electron chi connectivity index (χ3n) is 5.20. The van der Waals surface area contributed by atoms with Crippen LogP contribution in [0.4, 0.5) is 0 Å². The molecule has 0 spiro atoms. The molecule has 0 aliphatic carbocycles. The Labute approximate surface area is 166 Å². The second-order valence-electron chi connectivity index (χ2n) is 7.26. The summed E-state index contributed by atoms with van der Waals surface area (Å²) in [6.07, 6.45) is 4.01. The normalized spacial score (nSPS) is 19.1. The van der Waals surface area contributed by atoms with Gasteiger partial charge in [-0.05, 0) is 31.0 Å². The van der Waals surface area contributed by atoms with E-state index in [9.17, 15) is 4.79 Å². The summed E-state index contributed by atoms with van der Waals surface area (Å²) in [5, 5.41) is 8.77. The molecule has 2 atom stereocenters. The molecule has 1 aliphatic heterocycles. The predicted octanol–water partition coefficient (Wildman–Crippen LogP) is 2.78. The summed E-state index contributed by atoms with van der Waals surface area (Å²) in [4.78, 5) is 21.2. The lowest BCUT2D eigenvalue weighted by Gasteiger charge is -2.09. The molecule has 1 saturated heterocycles. The first-order chi connectivity index (χ1) is 14.2. The summed E-state index contributed by atoms with van der Waals surface area (Å²) >= 11 is 0. The average Bonchev–Trinajstić information content (AvgIpc) is 3.41. The number of aromatic nitrogens is 5. The number of rotatable bonds is 4. The van der Waals surface area contributed by atoms with Gasteiger partial charge in [0.15, 0.2) is 5.82 Å². The van der Waals surface area contributed by atoms with Crippen molar-refractivity contribution < 1.29 is 9.26 Å².